The Bertz CT molecular complexity index is 1330. The van der Waals surface area contributed by atoms with E-state index in [9.17, 15) is 19.7 Å². The Morgan fingerprint density at radius 3 is 2.21 bits per heavy atom. The molecule has 0 saturated carbocycles. The Balaban J connectivity index is 1.47. The van der Waals surface area contributed by atoms with Crippen LogP contribution in [0.3, 0.4) is 0 Å². The molecular weight excluding hydrogens is 546 g/mol. The number of para-hydroxylation sites is 1. The number of carbonyl (C=O) groups excluding carboxylic acids is 2. The van der Waals surface area contributed by atoms with Crippen molar-refractivity contribution in [3.63, 3.8) is 0 Å². The quantitative estimate of drug-likeness (QED) is 0.0543. The molecule has 9 heteroatoms. The zero-order valence-corrected chi connectivity index (χ0v) is 25.6. The number of nitrogens with zero attached hydrogens (tertiary/aromatic N) is 2. The highest BCUT2D eigenvalue weighted by Crippen LogP contribution is 2.21. The van der Waals surface area contributed by atoms with Crippen LogP contribution in [0.1, 0.15) is 78.7 Å². The number of quaternary nitrogens is 1. The number of unbranched alkanes of at least 4 members (excludes halogenated alkanes) is 5. The summed E-state index contributed by atoms with van der Waals surface area (Å²) in [5.74, 6) is -0.164. The second-order valence-electron chi connectivity index (χ2n) is 11.0. The van der Waals surface area contributed by atoms with E-state index in [1.807, 2.05) is 6.07 Å². The van der Waals surface area contributed by atoms with Gasteiger partial charge in [0.1, 0.15) is 25.4 Å². The number of carbonyl (C=O) groups is 2. The molecule has 0 aliphatic carbocycles. The monoisotopic (exact) mass is 590 g/mol. The standard InChI is InChI=1S/C34H43N3O6/c1-4-6-7-8-9-12-24-42-32-14-11-10-13-31(32)33(38)35-29-19-17-28(18-20-29)34(39)43-25-23-37(3,5-2)26-27-15-21-30(22-16-27)36(40)41/h10-11,13-22H,4-9,12,23-26H2,1-3H3/p+1. The molecule has 1 atom stereocenters. The normalized spacial score (nSPS) is 12.3. The molecule has 230 valence electrons. The second-order valence-corrected chi connectivity index (χ2v) is 11.0. The van der Waals surface area contributed by atoms with Gasteiger partial charge >= 0.3 is 5.97 Å². The van der Waals surface area contributed by atoms with Gasteiger partial charge in [-0.1, -0.05) is 51.2 Å². The first kappa shape index (κ1) is 33.3. The summed E-state index contributed by atoms with van der Waals surface area (Å²) in [7, 11) is 2.06. The highest BCUT2D eigenvalue weighted by atomic mass is 16.6. The van der Waals surface area contributed by atoms with Gasteiger partial charge in [0.05, 0.1) is 36.2 Å². The molecule has 1 unspecified atom stereocenters. The number of esters is 1. The number of hydrogen-bond donors (Lipinski definition) is 1. The first-order valence-electron chi connectivity index (χ1n) is 15.1. The molecule has 0 radical (unpaired) electrons. The summed E-state index contributed by atoms with van der Waals surface area (Å²) in [6.07, 6.45) is 6.99. The third-order valence-corrected chi connectivity index (χ3v) is 7.60. The fourth-order valence-corrected chi connectivity index (χ4v) is 4.69. The van der Waals surface area contributed by atoms with Gasteiger partial charge in [0.25, 0.3) is 11.6 Å². The number of nitrogens with one attached hydrogen (secondary N) is 1. The minimum absolute atomic E-state index is 0.0617. The maximum Gasteiger partial charge on any atom is 0.338 e. The number of ether oxygens (including phenoxy) is 2. The van der Waals surface area contributed by atoms with E-state index in [1.165, 1.54) is 37.8 Å². The summed E-state index contributed by atoms with van der Waals surface area (Å²) in [4.78, 5) is 36.2. The molecule has 1 N–H and O–H groups in total. The molecule has 0 bridgehead atoms. The number of likely N-dealkylation sites (N-methyl/N-ethyl adjacent to an activating group) is 1. The second kappa shape index (κ2) is 17.0. The number of hydrogen-bond acceptors (Lipinski definition) is 6. The molecule has 9 nitrogen and oxygen atoms in total. The number of nitro groups is 1. The summed E-state index contributed by atoms with van der Waals surface area (Å²) in [5.41, 5.74) is 2.45. The van der Waals surface area contributed by atoms with E-state index in [4.69, 9.17) is 9.47 Å². The summed E-state index contributed by atoms with van der Waals surface area (Å²) in [6, 6.07) is 20.3. The third-order valence-electron chi connectivity index (χ3n) is 7.60. The number of anilines is 1. The van der Waals surface area contributed by atoms with Crippen LogP contribution in [0.25, 0.3) is 0 Å². The number of amides is 1. The predicted molar refractivity (Wildman–Crippen MR) is 168 cm³/mol. The van der Waals surface area contributed by atoms with E-state index in [2.05, 4.69) is 26.2 Å². The first-order chi connectivity index (χ1) is 20.7. The van der Waals surface area contributed by atoms with Crippen LogP contribution < -0.4 is 10.1 Å². The third kappa shape index (κ3) is 10.8. The van der Waals surface area contributed by atoms with Gasteiger partial charge in [-0.3, -0.25) is 14.9 Å². The van der Waals surface area contributed by atoms with Crippen molar-refractivity contribution in [1.82, 2.24) is 0 Å². The molecule has 1 amide bonds. The predicted octanol–water partition coefficient (Wildman–Crippen LogP) is 7.41. The van der Waals surface area contributed by atoms with E-state index in [1.54, 1.807) is 54.6 Å². The van der Waals surface area contributed by atoms with E-state index in [0.29, 0.717) is 46.7 Å². The van der Waals surface area contributed by atoms with Gasteiger partial charge in [-0.15, -0.1) is 0 Å². The zero-order valence-electron chi connectivity index (χ0n) is 25.6. The molecule has 0 aliphatic heterocycles. The van der Waals surface area contributed by atoms with E-state index >= 15 is 0 Å². The summed E-state index contributed by atoms with van der Waals surface area (Å²) in [6.45, 7) is 7.11. The van der Waals surface area contributed by atoms with Gasteiger partial charge in [-0.05, 0) is 61.9 Å². The number of rotatable bonds is 18. The van der Waals surface area contributed by atoms with Gasteiger partial charge in [0.15, 0.2) is 0 Å². The average Bonchev–Trinajstić information content (AvgIpc) is 3.01. The first-order valence-corrected chi connectivity index (χ1v) is 15.1. The molecule has 0 aromatic heterocycles. The Morgan fingerprint density at radius 1 is 0.860 bits per heavy atom. The Hall–Kier alpha value is -4.24. The fraction of sp³-hybridized carbons (Fsp3) is 0.412. The van der Waals surface area contributed by atoms with Crippen molar-refractivity contribution in [2.75, 3.05) is 38.7 Å². The largest absolute Gasteiger partial charge is 0.493 e. The van der Waals surface area contributed by atoms with Crippen LogP contribution >= 0.6 is 0 Å². The smallest absolute Gasteiger partial charge is 0.338 e. The highest BCUT2D eigenvalue weighted by Gasteiger charge is 2.22. The lowest BCUT2D eigenvalue weighted by Crippen LogP contribution is -2.45. The van der Waals surface area contributed by atoms with Crippen molar-refractivity contribution in [3.05, 3.63) is 99.6 Å². The van der Waals surface area contributed by atoms with Crippen molar-refractivity contribution >= 4 is 23.3 Å². The molecule has 43 heavy (non-hydrogen) atoms. The van der Waals surface area contributed by atoms with Crippen molar-refractivity contribution in [3.8, 4) is 5.75 Å². The van der Waals surface area contributed by atoms with Crippen molar-refractivity contribution < 1.29 is 28.5 Å². The van der Waals surface area contributed by atoms with Crippen LogP contribution in [0.2, 0.25) is 0 Å². The summed E-state index contributed by atoms with van der Waals surface area (Å²) in [5, 5.41) is 13.8. The van der Waals surface area contributed by atoms with Crippen LogP contribution in [-0.2, 0) is 11.3 Å². The SMILES string of the molecule is CCCCCCCCOc1ccccc1C(=O)Nc1ccc(C(=O)OCC[N+](C)(CC)Cc2ccc([N+](=O)[O-])cc2)cc1. The van der Waals surface area contributed by atoms with Crippen LogP contribution in [0.15, 0.2) is 72.8 Å². The van der Waals surface area contributed by atoms with Gasteiger partial charge in [-0.25, -0.2) is 4.79 Å². The molecule has 0 aliphatic rings. The Kier molecular flexibility index (Phi) is 13.2. The zero-order chi connectivity index (χ0) is 31.1. The van der Waals surface area contributed by atoms with Crippen molar-refractivity contribution in [1.29, 1.82) is 0 Å². The Morgan fingerprint density at radius 2 is 1.53 bits per heavy atom. The molecule has 0 saturated heterocycles. The lowest BCUT2D eigenvalue weighted by Gasteiger charge is -2.33. The number of benzene rings is 3. The molecule has 3 aromatic carbocycles. The molecule has 0 fully saturated rings. The van der Waals surface area contributed by atoms with Crippen LogP contribution in [0.5, 0.6) is 5.75 Å². The fourth-order valence-electron chi connectivity index (χ4n) is 4.69. The van der Waals surface area contributed by atoms with E-state index in [0.717, 1.165) is 24.9 Å². The lowest BCUT2D eigenvalue weighted by atomic mass is 10.1. The summed E-state index contributed by atoms with van der Waals surface area (Å²) >= 11 is 0. The Labute approximate surface area is 254 Å². The van der Waals surface area contributed by atoms with E-state index < -0.39 is 10.9 Å². The summed E-state index contributed by atoms with van der Waals surface area (Å²) < 4.78 is 12.1. The van der Waals surface area contributed by atoms with Gasteiger partial charge < -0.3 is 19.3 Å². The van der Waals surface area contributed by atoms with Crippen LogP contribution in [-0.4, -0.2) is 54.6 Å². The van der Waals surface area contributed by atoms with Gasteiger partial charge in [0.2, 0.25) is 0 Å². The van der Waals surface area contributed by atoms with Crippen molar-refractivity contribution in [2.45, 2.75) is 58.9 Å². The molecule has 3 rings (SSSR count). The maximum absolute atomic E-state index is 13.0. The van der Waals surface area contributed by atoms with Crippen LogP contribution in [0.4, 0.5) is 11.4 Å². The number of nitro benzene ring substituents is 1. The topological polar surface area (TPSA) is 108 Å². The average molecular weight is 591 g/mol. The van der Waals surface area contributed by atoms with E-state index in [-0.39, 0.29) is 18.2 Å². The molecule has 0 spiro atoms. The van der Waals surface area contributed by atoms with Gasteiger partial charge in [0, 0.05) is 23.4 Å². The molecule has 3 aromatic rings. The highest BCUT2D eigenvalue weighted by molar-refractivity contribution is 6.06. The molecule has 0 heterocycles. The maximum atomic E-state index is 13.0. The van der Waals surface area contributed by atoms with Crippen molar-refractivity contribution in [2.24, 2.45) is 0 Å². The lowest BCUT2D eigenvalue weighted by molar-refractivity contribution is -0.921. The van der Waals surface area contributed by atoms with Crippen LogP contribution in [0, 0.1) is 10.1 Å². The minimum Gasteiger partial charge on any atom is -0.493 e. The number of non-ortho nitro benzene ring substituents is 1. The minimum atomic E-state index is -0.440. The molecular formula is C34H44N3O6+. The van der Waals surface area contributed by atoms with Gasteiger partial charge in [-0.2, -0.15) is 0 Å².